The van der Waals surface area contributed by atoms with Crippen molar-refractivity contribution in [2.24, 2.45) is 0 Å². The summed E-state index contributed by atoms with van der Waals surface area (Å²) in [6.45, 7) is 0.770. The Morgan fingerprint density at radius 1 is 1.29 bits per heavy atom. The third kappa shape index (κ3) is 3.11. The number of halogens is 2. The van der Waals surface area contributed by atoms with Gasteiger partial charge in [0.1, 0.15) is 11.6 Å². The molecule has 4 heteroatoms. The van der Waals surface area contributed by atoms with Gasteiger partial charge in [-0.1, -0.05) is 34.1 Å². The maximum absolute atomic E-state index is 13.2. The quantitative estimate of drug-likeness (QED) is 0.899. The molecule has 1 aliphatic heterocycles. The average Bonchev–Trinajstić information content (AvgIpc) is 2.94. The van der Waals surface area contributed by atoms with E-state index in [1.165, 1.54) is 23.3 Å². The molecule has 2 aromatic carbocycles. The third-order valence-electron chi connectivity index (χ3n) is 3.90. The van der Waals surface area contributed by atoms with Gasteiger partial charge in [-0.15, -0.1) is 0 Å². The maximum atomic E-state index is 13.2. The second-order valence-corrected chi connectivity index (χ2v) is 6.10. The molecule has 0 amide bonds. The summed E-state index contributed by atoms with van der Waals surface area (Å²) in [5, 5.41) is 3.34. The maximum Gasteiger partial charge on any atom is 0.124 e. The van der Waals surface area contributed by atoms with Crippen LogP contribution < -0.4 is 10.1 Å². The molecule has 3 rings (SSSR count). The lowest BCUT2D eigenvalue weighted by molar-refractivity contribution is 0.356. The molecule has 0 spiro atoms. The number of likely N-dealkylation sites (N-methyl/N-ethyl adjacent to an activating group) is 1. The molecule has 1 aliphatic rings. The van der Waals surface area contributed by atoms with Crippen molar-refractivity contribution in [1.29, 1.82) is 0 Å². The molecule has 2 nitrogen and oxygen atoms in total. The summed E-state index contributed by atoms with van der Waals surface area (Å²) in [6, 6.07) is 11.4. The van der Waals surface area contributed by atoms with E-state index < -0.39 is 0 Å². The van der Waals surface area contributed by atoms with E-state index in [-0.39, 0.29) is 11.9 Å². The second kappa shape index (κ2) is 6.16. The Balaban J connectivity index is 1.85. The zero-order valence-corrected chi connectivity index (χ0v) is 13.4. The number of ether oxygens (including phenoxy) is 1. The van der Waals surface area contributed by atoms with Crippen molar-refractivity contribution < 1.29 is 9.13 Å². The fraction of sp³-hybridized carbons (Fsp3) is 0.294. The lowest BCUT2D eigenvalue weighted by Gasteiger charge is -2.18. The zero-order chi connectivity index (χ0) is 14.8. The van der Waals surface area contributed by atoms with Gasteiger partial charge in [0.2, 0.25) is 0 Å². The minimum Gasteiger partial charge on any atom is -0.493 e. The molecule has 1 N–H and O–H groups in total. The lowest BCUT2D eigenvalue weighted by Crippen LogP contribution is -2.19. The van der Waals surface area contributed by atoms with Crippen LogP contribution in [0.4, 0.5) is 4.39 Å². The standard InChI is InChI=1S/C17H17BrFNO/c1-20-16(9-11-2-4-14(19)10-15(11)18)12-3-5-17-13(8-12)6-7-21-17/h2-5,8,10,16,20H,6-7,9H2,1H3. The van der Waals surface area contributed by atoms with Crippen LogP contribution in [0.2, 0.25) is 0 Å². The Bertz CT molecular complexity index is 659. The predicted molar refractivity (Wildman–Crippen MR) is 85.2 cm³/mol. The van der Waals surface area contributed by atoms with Crippen LogP contribution in [0.1, 0.15) is 22.7 Å². The van der Waals surface area contributed by atoms with Crippen LogP contribution >= 0.6 is 15.9 Å². The van der Waals surface area contributed by atoms with Gasteiger partial charge in [-0.25, -0.2) is 4.39 Å². The SMILES string of the molecule is CNC(Cc1ccc(F)cc1Br)c1ccc2c(c1)CCO2. The first-order valence-electron chi connectivity index (χ1n) is 7.04. The molecule has 1 unspecified atom stereocenters. The molecule has 110 valence electrons. The van der Waals surface area contributed by atoms with Crippen LogP contribution in [0.5, 0.6) is 5.75 Å². The molecule has 0 fully saturated rings. The molecule has 0 saturated carbocycles. The van der Waals surface area contributed by atoms with E-state index in [2.05, 4.69) is 33.4 Å². The van der Waals surface area contributed by atoms with Gasteiger partial charge in [-0.3, -0.25) is 0 Å². The number of hydrogen-bond donors (Lipinski definition) is 1. The highest BCUT2D eigenvalue weighted by molar-refractivity contribution is 9.10. The molecule has 1 atom stereocenters. The molecule has 0 radical (unpaired) electrons. The molecule has 0 aliphatic carbocycles. The van der Waals surface area contributed by atoms with Crippen LogP contribution in [-0.4, -0.2) is 13.7 Å². The Hall–Kier alpha value is -1.39. The first kappa shape index (κ1) is 14.5. The van der Waals surface area contributed by atoms with Crippen molar-refractivity contribution in [3.05, 3.63) is 63.4 Å². The van der Waals surface area contributed by atoms with Crippen LogP contribution in [0.25, 0.3) is 0 Å². The van der Waals surface area contributed by atoms with E-state index in [0.717, 1.165) is 35.2 Å². The minimum absolute atomic E-state index is 0.192. The smallest absolute Gasteiger partial charge is 0.124 e. The van der Waals surface area contributed by atoms with Gasteiger partial charge in [0.15, 0.2) is 0 Å². The molecule has 0 saturated heterocycles. The lowest BCUT2D eigenvalue weighted by atomic mass is 9.97. The highest BCUT2D eigenvalue weighted by Gasteiger charge is 2.17. The van der Waals surface area contributed by atoms with Crippen LogP contribution in [-0.2, 0) is 12.8 Å². The summed E-state index contributed by atoms with van der Waals surface area (Å²) in [5.41, 5.74) is 3.59. The first-order chi connectivity index (χ1) is 10.2. The van der Waals surface area contributed by atoms with Crippen molar-refractivity contribution in [3.8, 4) is 5.75 Å². The van der Waals surface area contributed by atoms with E-state index in [1.807, 2.05) is 19.2 Å². The number of fused-ring (bicyclic) bond motifs is 1. The Labute approximate surface area is 132 Å². The van der Waals surface area contributed by atoms with Gasteiger partial charge < -0.3 is 10.1 Å². The van der Waals surface area contributed by atoms with Crippen molar-refractivity contribution in [2.45, 2.75) is 18.9 Å². The fourth-order valence-corrected chi connectivity index (χ4v) is 3.23. The second-order valence-electron chi connectivity index (χ2n) is 5.25. The highest BCUT2D eigenvalue weighted by Crippen LogP contribution is 2.30. The first-order valence-corrected chi connectivity index (χ1v) is 7.83. The van der Waals surface area contributed by atoms with E-state index in [9.17, 15) is 4.39 Å². The van der Waals surface area contributed by atoms with E-state index in [0.29, 0.717) is 0 Å². The minimum atomic E-state index is -0.221. The predicted octanol–water partition coefficient (Wildman–Crippen LogP) is 4.03. The van der Waals surface area contributed by atoms with Gasteiger partial charge in [0, 0.05) is 16.9 Å². The van der Waals surface area contributed by atoms with Crippen LogP contribution in [0, 0.1) is 5.82 Å². The summed E-state index contributed by atoms with van der Waals surface area (Å²) >= 11 is 3.44. The average molecular weight is 350 g/mol. The van der Waals surface area contributed by atoms with Gasteiger partial charge in [-0.05, 0) is 48.4 Å². The van der Waals surface area contributed by atoms with Gasteiger partial charge in [0.25, 0.3) is 0 Å². The monoisotopic (exact) mass is 349 g/mol. The van der Waals surface area contributed by atoms with Crippen LogP contribution in [0.3, 0.4) is 0 Å². The molecule has 0 bridgehead atoms. The van der Waals surface area contributed by atoms with Crippen molar-refractivity contribution in [2.75, 3.05) is 13.7 Å². The number of benzene rings is 2. The highest BCUT2D eigenvalue weighted by atomic mass is 79.9. The van der Waals surface area contributed by atoms with Gasteiger partial charge in [-0.2, -0.15) is 0 Å². The molecule has 0 aromatic heterocycles. The topological polar surface area (TPSA) is 21.3 Å². The van der Waals surface area contributed by atoms with Crippen molar-refractivity contribution in [3.63, 3.8) is 0 Å². The number of rotatable bonds is 4. The summed E-state index contributed by atoms with van der Waals surface area (Å²) in [7, 11) is 1.95. The van der Waals surface area contributed by atoms with Crippen LogP contribution in [0.15, 0.2) is 40.9 Å². The molecular formula is C17H17BrFNO. The molecule has 21 heavy (non-hydrogen) atoms. The van der Waals surface area contributed by atoms with Gasteiger partial charge in [0.05, 0.1) is 6.61 Å². The normalized spacial score (nSPS) is 14.6. The number of nitrogens with one attached hydrogen (secondary N) is 1. The summed E-state index contributed by atoms with van der Waals surface area (Å²) in [5.74, 6) is 0.776. The fourth-order valence-electron chi connectivity index (χ4n) is 2.72. The van der Waals surface area contributed by atoms with Crippen molar-refractivity contribution in [1.82, 2.24) is 5.32 Å². The molecular weight excluding hydrogens is 333 g/mol. The zero-order valence-electron chi connectivity index (χ0n) is 11.8. The Morgan fingerprint density at radius 2 is 2.14 bits per heavy atom. The Morgan fingerprint density at radius 3 is 2.90 bits per heavy atom. The number of hydrogen-bond acceptors (Lipinski definition) is 2. The Kier molecular flexibility index (Phi) is 4.27. The summed E-state index contributed by atoms with van der Waals surface area (Å²) < 4.78 is 19.5. The summed E-state index contributed by atoms with van der Waals surface area (Å²) in [4.78, 5) is 0. The van der Waals surface area contributed by atoms with Gasteiger partial charge >= 0.3 is 0 Å². The van der Waals surface area contributed by atoms with E-state index in [1.54, 1.807) is 0 Å². The van der Waals surface area contributed by atoms with E-state index >= 15 is 0 Å². The summed E-state index contributed by atoms with van der Waals surface area (Å²) in [6.07, 6.45) is 1.77. The third-order valence-corrected chi connectivity index (χ3v) is 4.64. The molecule has 2 aromatic rings. The molecule has 1 heterocycles. The van der Waals surface area contributed by atoms with Crippen molar-refractivity contribution >= 4 is 15.9 Å². The van der Waals surface area contributed by atoms with E-state index in [4.69, 9.17) is 4.74 Å². The largest absolute Gasteiger partial charge is 0.493 e.